The molecule has 0 aromatic heterocycles. The molecule has 1 N–H and O–H groups in total. The van der Waals surface area contributed by atoms with Crippen LogP contribution < -0.4 is 5.43 Å². The SMILES string of the molecule is CCC(=NNC(=O)C1(C)CC1(Br)Br)c1cccc(Cl)c1. The van der Waals surface area contributed by atoms with Crippen LogP contribution in [-0.4, -0.2) is 14.9 Å². The highest BCUT2D eigenvalue weighted by Crippen LogP contribution is 2.66. The third-order valence-corrected chi connectivity index (χ3v) is 6.09. The van der Waals surface area contributed by atoms with Crippen LogP contribution in [0.4, 0.5) is 0 Å². The largest absolute Gasteiger partial charge is 0.272 e. The fourth-order valence-electron chi connectivity index (χ4n) is 1.90. The summed E-state index contributed by atoms with van der Waals surface area (Å²) >= 11 is 12.9. The van der Waals surface area contributed by atoms with E-state index in [-0.39, 0.29) is 9.14 Å². The van der Waals surface area contributed by atoms with Crippen molar-refractivity contribution in [3.8, 4) is 0 Å². The molecule has 1 fully saturated rings. The van der Waals surface area contributed by atoms with Gasteiger partial charge in [-0.15, -0.1) is 0 Å². The predicted molar refractivity (Wildman–Crippen MR) is 89.7 cm³/mol. The maximum atomic E-state index is 12.2. The van der Waals surface area contributed by atoms with Crippen molar-refractivity contribution < 1.29 is 4.79 Å². The molecule has 1 aromatic carbocycles. The van der Waals surface area contributed by atoms with Gasteiger partial charge in [-0.1, -0.05) is 62.5 Å². The predicted octanol–water partition coefficient (Wildman–Crippen LogP) is 4.47. The van der Waals surface area contributed by atoms with Gasteiger partial charge in [0.15, 0.2) is 0 Å². The number of hydrogen-bond donors (Lipinski definition) is 1. The molecule has 6 heteroatoms. The van der Waals surface area contributed by atoms with Crippen LogP contribution >= 0.6 is 43.5 Å². The molecule has 0 saturated heterocycles. The number of hydrogen-bond acceptors (Lipinski definition) is 2. The maximum absolute atomic E-state index is 12.2. The number of rotatable bonds is 4. The van der Waals surface area contributed by atoms with Crippen LogP contribution in [0.1, 0.15) is 32.3 Å². The minimum Gasteiger partial charge on any atom is -0.272 e. The van der Waals surface area contributed by atoms with E-state index in [1.165, 1.54) is 0 Å². The van der Waals surface area contributed by atoms with E-state index in [0.29, 0.717) is 11.4 Å². The van der Waals surface area contributed by atoms with E-state index in [1.807, 2.05) is 38.1 Å². The van der Waals surface area contributed by atoms with E-state index in [9.17, 15) is 4.79 Å². The van der Waals surface area contributed by atoms with Crippen molar-refractivity contribution >= 4 is 55.1 Å². The lowest BCUT2D eigenvalue weighted by Gasteiger charge is -2.11. The lowest BCUT2D eigenvalue weighted by molar-refractivity contribution is -0.125. The summed E-state index contributed by atoms with van der Waals surface area (Å²) in [6, 6.07) is 7.45. The monoisotopic (exact) mass is 420 g/mol. The molecule has 0 bridgehead atoms. The summed E-state index contributed by atoms with van der Waals surface area (Å²) in [5.74, 6) is -0.0979. The number of amides is 1. The van der Waals surface area contributed by atoms with E-state index in [0.717, 1.165) is 17.7 Å². The normalized spacial score (nSPS) is 24.4. The van der Waals surface area contributed by atoms with Crippen molar-refractivity contribution in [2.45, 2.75) is 29.9 Å². The number of carbonyl (C=O) groups excluding carboxylic acids is 1. The summed E-state index contributed by atoms with van der Waals surface area (Å²) in [6.45, 7) is 3.89. The topological polar surface area (TPSA) is 41.5 Å². The minimum atomic E-state index is -0.469. The number of halogens is 3. The van der Waals surface area contributed by atoms with E-state index in [2.05, 4.69) is 42.4 Å². The first kappa shape index (κ1) is 16.0. The standard InChI is InChI=1S/C14H15Br2ClN2O/c1-3-11(9-5-4-6-10(17)7-9)18-19-12(20)13(2)8-14(13,15)16/h4-7H,3,8H2,1-2H3,(H,19,20). The van der Waals surface area contributed by atoms with Crippen LogP contribution in [0, 0.1) is 5.41 Å². The molecule has 1 saturated carbocycles. The smallest absolute Gasteiger partial charge is 0.248 e. The van der Waals surface area contributed by atoms with Gasteiger partial charge < -0.3 is 0 Å². The second kappa shape index (κ2) is 5.78. The van der Waals surface area contributed by atoms with Crippen molar-refractivity contribution in [3.63, 3.8) is 0 Å². The zero-order valence-electron chi connectivity index (χ0n) is 11.2. The molecule has 1 aromatic rings. The zero-order chi connectivity index (χ0) is 15.0. The lowest BCUT2D eigenvalue weighted by atomic mass is 10.1. The molecule has 0 radical (unpaired) electrons. The minimum absolute atomic E-state index is 0.0979. The van der Waals surface area contributed by atoms with E-state index < -0.39 is 5.41 Å². The number of carbonyl (C=O) groups is 1. The highest BCUT2D eigenvalue weighted by atomic mass is 79.9. The first-order chi connectivity index (χ1) is 9.30. The Kier molecular flexibility index (Phi) is 4.62. The third-order valence-electron chi connectivity index (χ3n) is 3.54. The Morgan fingerprint density at radius 1 is 1.50 bits per heavy atom. The molecule has 3 nitrogen and oxygen atoms in total. The Morgan fingerprint density at radius 3 is 2.65 bits per heavy atom. The Morgan fingerprint density at radius 2 is 2.15 bits per heavy atom. The fraction of sp³-hybridized carbons (Fsp3) is 0.429. The van der Waals surface area contributed by atoms with E-state index in [1.54, 1.807) is 0 Å². The van der Waals surface area contributed by atoms with E-state index >= 15 is 0 Å². The van der Waals surface area contributed by atoms with Gasteiger partial charge in [-0.25, -0.2) is 5.43 Å². The van der Waals surface area contributed by atoms with Gasteiger partial charge in [-0.2, -0.15) is 5.10 Å². The molecule has 0 heterocycles. The molecular formula is C14H15Br2ClN2O. The highest BCUT2D eigenvalue weighted by molar-refractivity contribution is 9.25. The van der Waals surface area contributed by atoms with Gasteiger partial charge in [0, 0.05) is 5.02 Å². The number of nitrogens with zero attached hydrogens (tertiary/aromatic N) is 1. The van der Waals surface area contributed by atoms with Crippen molar-refractivity contribution in [2.75, 3.05) is 0 Å². The molecule has 1 aliphatic rings. The maximum Gasteiger partial charge on any atom is 0.248 e. The quantitative estimate of drug-likeness (QED) is 0.434. The number of benzene rings is 1. The number of nitrogens with one attached hydrogen (secondary N) is 1. The summed E-state index contributed by atoms with van der Waals surface area (Å²) in [5, 5.41) is 4.90. The molecule has 1 unspecified atom stereocenters. The summed E-state index contributed by atoms with van der Waals surface area (Å²) < 4.78 is -0.310. The Balaban J connectivity index is 2.12. The Labute approximate surface area is 140 Å². The summed E-state index contributed by atoms with van der Waals surface area (Å²) in [5.41, 5.74) is 3.91. The molecule has 1 amide bonds. The van der Waals surface area contributed by atoms with Crippen molar-refractivity contribution in [3.05, 3.63) is 34.9 Å². The van der Waals surface area contributed by atoms with Crippen LogP contribution in [-0.2, 0) is 4.79 Å². The Bertz CT molecular complexity index is 574. The molecule has 1 atom stereocenters. The highest BCUT2D eigenvalue weighted by Gasteiger charge is 2.66. The summed E-state index contributed by atoms with van der Waals surface area (Å²) in [6.07, 6.45) is 1.45. The van der Waals surface area contributed by atoms with Gasteiger partial charge in [0.05, 0.1) is 14.4 Å². The molecule has 20 heavy (non-hydrogen) atoms. The van der Waals surface area contributed by atoms with Crippen LogP contribution in [0.25, 0.3) is 0 Å². The van der Waals surface area contributed by atoms with Crippen molar-refractivity contribution in [1.82, 2.24) is 5.43 Å². The van der Waals surface area contributed by atoms with Gasteiger partial charge in [0.2, 0.25) is 5.91 Å². The fourth-order valence-corrected chi connectivity index (χ4v) is 3.58. The van der Waals surface area contributed by atoms with E-state index in [4.69, 9.17) is 11.6 Å². The first-order valence-electron chi connectivity index (χ1n) is 6.31. The van der Waals surface area contributed by atoms with Crippen LogP contribution in [0.2, 0.25) is 5.02 Å². The molecule has 1 aliphatic carbocycles. The molecule has 0 aliphatic heterocycles. The van der Waals surface area contributed by atoms with Gasteiger partial charge >= 0.3 is 0 Å². The molecular weight excluding hydrogens is 407 g/mol. The second-order valence-corrected chi connectivity index (χ2v) is 9.28. The third kappa shape index (κ3) is 3.10. The average Bonchev–Trinajstić information content (AvgIpc) is 2.90. The van der Waals surface area contributed by atoms with Gasteiger partial charge in [0.25, 0.3) is 0 Å². The molecule has 0 spiro atoms. The molecule has 108 valence electrons. The van der Waals surface area contributed by atoms with Crippen LogP contribution in [0.5, 0.6) is 0 Å². The van der Waals surface area contributed by atoms with Gasteiger partial charge in [-0.05, 0) is 37.5 Å². The van der Waals surface area contributed by atoms with Gasteiger partial charge in [0.1, 0.15) is 0 Å². The zero-order valence-corrected chi connectivity index (χ0v) is 15.1. The summed E-state index contributed by atoms with van der Waals surface area (Å²) in [4.78, 5) is 12.2. The van der Waals surface area contributed by atoms with Crippen molar-refractivity contribution in [1.29, 1.82) is 0 Å². The van der Waals surface area contributed by atoms with Gasteiger partial charge in [-0.3, -0.25) is 4.79 Å². The number of alkyl halides is 2. The second-order valence-electron chi connectivity index (χ2n) is 5.08. The molecule has 2 rings (SSSR count). The van der Waals surface area contributed by atoms with Crippen LogP contribution in [0.15, 0.2) is 29.4 Å². The number of hydrazone groups is 1. The van der Waals surface area contributed by atoms with Crippen LogP contribution in [0.3, 0.4) is 0 Å². The van der Waals surface area contributed by atoms with Crippen molar-refractivity contribution in [2.24, 2.45) is 10.5 Å². The first-order valence-corrected chi connectivity index (χ1v) is 8.27. The summed E-state index contributed by atoms with van der Waals surface area (Å²) in [7, 11) is 0. The Hall–Kier alpha value is -0.390. The average molecular weight is 423 g/mol. The lowest BCUT2D eigenvalue weighted by Crippen LogP contribution is -2.30.